The van der Waals surface area contributed by atoms with Gasteiger partial charge in [0.2, 0.25) is 17.7 Å². The van der Waals surface area contributed by atoms with E-state index in [0.29, 0.717) is 0 Å². The average Bonchev–Trinajstić information content (AvgIpc) is 2.60. The third-order valence-electron chi connectivity index (χ3n) is 3.73. The Morgan fingerprint density at radius 1 is 0.793 bits per heavy atom. The lowest BCUT2D eigenvalue weighted by Gasteiger charge is -2.24. The molecule has 3 amide bonds. The van der Waals surface area contributed by atoms with Crippen molar-refractivity contribution < 1.29 is 44.1 Å². The van der Waals surface area contributed by atoms with E-state index in [0.717, 1.165) is 0 Å². The molecule has 0 bridgehead atoms. The number of nitrogens with two attached hydrogens (primary N) is 1. The van der Waals surface area contributed by atoms with Crippen LogP contribution in [0.4, 0.5) is 0 Å². The van der Waals surface area contributed by atoms with E-state index in [4.69, 9.17) is 21.1 Å². The molecule has 0 aromatic rings. The molecule has 0 aromatic carbocycles. The SMILES string of the molecule is CC(C)C(N)C(=O)NC(CCC(=O)O)C(=O)NC(CC(=O)O)C(=O)NCC(=O)O. The van der Waals surface area contributed by atoms with Crippen LogP contribution in [0.15, 0.2) is 0 Å². The van der Waals surface area contributed by atoms with Crippen molar-refractivity contribution in [3.8, 4) is 0 Å². The molecule has 0 fully saturated rings. The Labute approximate surface area is 166 Å². The number of amides is 3. The van der Waals surface area contributed by atoms with Crippen molar-refractivity contribution >= 4 is 35.6 Å². The van der Waals surface area contributed by atoms with Gasteiger partial charge >= 0.3 is 17.9 Å². The van der Waals surface area contributed by atoms with Crippen LogP contribution in [0.1, 0.15) is 33.1 Å². The smallest absolute Gasteiger partial charge is 0.322 e. The third kappa shape index (κ3) is 10.6. The molecule has 29 heavy (non-hydrogen) atoms. The molecular weight excluding hydrogens is 392 g/mol. The van der Waals surface area contributed by atoms with E-state index in [-0.39, 0.29) is 12.3 Å². The maximum Gasteiger partial charge on any atom is 0.322 e. The maximum atomic E-state index is 12.5. The van der Waals surface area contributed by atoms with Crippen LogP contribution in [0.2, 0.25) is 0 Å². The minimum Gasteiger partial charge on any atom is -0.481 e. The molecule has 0 saturated carbocycles. The van der Waals surface area contributed by atoms with E-state index in [9.17, 15) is 28.8 Å². The molecule has 0 aliphatic rings. The van der Waals surface area contributed by atoms with Gasteiger partial charge in [0, 0.05) is 6.42 Å². The first-order valence-electron chi connectivity index (χ1n) is 8.64. The number of carbonyl (C=O) groups excluding carboxylic acids is 3. The maximum absolute atomic E-state index is 12.5. The number of nitrogens with one attached hydrogen (secondary N) is 3. The summed E-state index contributed by atoms with van der Waals surface area (Å²) in [5.74, 6) is -7.15. The van der Waals surface area contributed by atoms with Crippen molar-refractivity contribution in [3.05, 3.63) is 0 Å². The summed E-state index contributed by atoms with van der Waals surface area (Å²) >= 11 is 0. The van der Waals surface area contributed by atoms with Crippen LogP contribution in [0.3, 0.4) is 0 Å². The molecule has 0 aliphatic heterocycles. The van der Waals surface area contributed by atoms with Crippen LogP contribution in [0, 0.1) is 5.92 Å². The lowest BCUT2D eigenvalue weighted by molar-refractivity contribution is -0.141. The number of carboxylic acid groups (broad SMARTS) is 3. The van der Waals surface area contributed by atoms with Crippen molar-refractivity contribution in [2.24, 2.45) is 11.7 Å². The van der Waals surface area contributed by atoms with Crippen molar-refractivity contribution in [2.45, 2.75) is 51.2 Å². The van der Waals surface area contributed by atoms with E-state index < -0.39 is 73.1 Å². The Kier molecular flexibility index (Phi) is 10.9. The standard InChI is InChI=1S/C16H26N4O9/c1-7(2)13(17)16(29)19-8(3-4-10(21)22)15(28)20-9(5-11(23)24)14(27)18-6-12(25)26/h7-9,13H,3-6,17H2,1-2H3,(H,18,27)(H,19,29)(H,20,28)(H,21,22)(H,23,24)(H,25,26). The molecule has 0 spiro atoms. The van der Waals surface area contributed by atoms with E-state index >= 15 is 0 Å². The van der Waals surface area contributed by atoms with Crippen LogP contribution in [-0.4, -0.2) is 75.6 Å². The van der Waals surface area contributed by atoms with Crippen LogP contribution in [0.25, 0.3) is 0 Å². The van der Waals surface area contributed by atoms with Crippen molar-refractivity contribution in [2.75, 3.05) is 6.54 Å². The highest BCUT2D eigenvalue weighted by Crippen LogP contribution is 2.04. The second-order valence-corrected chi connectivity index (χ2v) is 6.53. The van der Waals surface area contributed by atoms with E-state index in [1.807, 2.05) is 5.32 Å². The van der Waals surface area contributed by atoms with Gasteiger partial charge < -0.3 is 37.0 Å². The average molecular weight is 418 g/mol. The summed E-state index contributed by atoms with van der Waals surface area (Å²) in [4.78, 5) is 68.9. The van der Waals surface area contributed by atoms with Gasteiger partial charge in [-0.25, -0.2) is 0 Å². The molecular formula is C16H26N4O9. The molecule has 0 heterocycles. The largest absolute Gasteiger partial charge is 0.481 e. The summed E-state index contributed by atoms with van der Waals surface area (Å²) in [6, 6.07) is -4.02. The second-order valence-electron chi connectivity index (χ2n) is 6.53. The normalized spacial score (nSPS) is 13.7. The minimum atomic E-state index is -1.64. The van der Waals surface area contributed by atoms with Gasteiger partial charge in [-0.1, -0.05) is 13.8 Å². The highest BCUT2D eigenvalue weighted by molar-refractivity contribution is 5.95. The molecule has 13 heteroatoms. The van der Waals surface area contributed by atoms with Crippen LogP contribution in [0.5, 0.6) is 0 Å². The fourth-order valence-electron chi connectivity index (χ4n) is 2.05. The summed E-state index contributed by atoms with van der Waals surface area (Å²) in [6.45, 7) is 2.52. The van der Waals surface area contributed by atoms with Gasteiger partial charge in [-0.15, -0.1) is 0 Å². The van der Waals surface area contributed by atoms with Crippen LogP contribution >= 0.6 is 0 Å². The summed E-state index contributed by atoms with van der Waals surface area (Å²) in [5.41, 5.74) is 5.69. The molecule has 0 saturated heterocycles. The van der Waals surface area contributed by atoms with E-state index in [2.05, 4.69) is 10.6 Å². The Hall–Kier alpha value is -3.22. The summed E-state index contributed by atoms with van der Waals surface area (Å²) in [6.07, 6.45) is -1.69. The first-order valence-corrected chi connectivity index (χ1v) is 8.64. The third-order valence-corrected chi connectivity index (χ3v) is 3.73. The topological polar surface area (TPSA) is 225 Å². The first kappa shape index (κ1) is 25.8. The molecule has 0 rings (SSSR count). The monoisotopic (exact) mass is 418 g/mol. The van der Waals surface area contributed by atoms with Gasteiger partial charge in [0.05, 0.1) is 12.5 Å². The fraction of sp³-hybridized carbons (Fsp3) is 0.625. The number of hydrogen-bond donors (Lipinski definition) is 7. The Morgan fingerprint density at radius 2 is 1.34 bits per heavy atom. The van der Waals surface area contributed by atoms with Gasteiger partial charge in [-0.05, 0) is 12.3 Å². The van der Waals surface area contributed by atoms with Crippen molar-refractivity contribution in [3.63, 3.8) is 0 Å². The Bertz CT molecular complexity index is 650. The zero-order valence-corrected chi connectivity index (χ0v) is 16.0. The molecule has 13 nitrogen and oxygen atoms in total. The first-order chi connectivity index (χ1) is 13.3. The lowest BCUT2D eigenvalue weighted by Crippen LogP contribution is -2.57. The molecule has 8 N–H and O–H groups in total. The zero-order valence-electron chi connectivity index (χ0n) is 16.0. The van der Waals surface area contributed by atoms with Crippen molar-refractivity contribution in [1.29, 1.82) is 0 Å². The lowest BCUT2D eigenvalue weighted by atomic mass is 10.0. The predicted octanol–water partition coefficient (Wildman–Crippen LogP) is -2.52. The molecule has 0 aromatic heterocycles. The highest BCUT2D eigenvalue weighted by atomic mass is 16.4. The van der Waals surface area contributed by atoms with Crippen LogP contribution in [-0.2, 0) is 28.8 Å². The summed E-state index contributed by atoms with van der Waals surface area (Å²) < 4.78 is 0. The quantitative estimate of drug-likeness (QED) is 0.166. The van der Waals surface area contributed by atoms with Crippen LogP contribution < -0.4 is 21.7 Å². The summed E-state index contributed by atoms with van der Waals surface area (Å²) in [5, 5.41) is 32.6. The molecule has 3 atom stereocenters. The zero-order chi connectivity index (χ0) is 22.7. The Balaban J connectivity index is 5.34. The van der Waals surface area contributed by atoms with Gasteiger partial charge in [0.15, 0.2) is 0 Å². The number of rotatable bonds is 13. The highest BCUT2D eigenvalue weighted by Gasteiger charge is 2.30. The molecule has 0 aliphatic carbocycles. The predicted molar refractivity (Wildman–Crippen MR) is 96.4 cm³/mol. The van der Waals surface area contributed by atoms with Crippen molar-refractivity contribution in [1.82, 2.24) is 16.0 Å². The Morgan fingerprint density at radius 3 is 1.79 bits per heavy atom. The van der Waals surface area contributed by atoms with Gasteiger partial charge in [-0.2, -0.15) is 0 Å². The fourth-order valence-corrected chi connectivity index (χ4v) is 2.05. The number of hydrogen-bond acceptors (Lipinski definition) is 7. The number of aliphatic carboxylic acids is 3. The summed E-state index contributed by atoms with van der Waals surface area (Å²) in [7, 11) is 0. The van der Waals surface area contributed by atoms with E-state index in [1.54, 1.807) is 13.8 Å². The number of carboxylic acids is 3. The van der Waals surface area contributed by atoms with Gasteiger partial charge in [0.25, 0.3) is 0 Å². The van der Waals surface area contributed by atoms with Gasteiger partial charge in [-0.3, -0.25) is 28.8 Å². The number of carbonyl (C=O) groups is 6. The molecule has 3 unspecified atom stereocenters. The molecule has 0 radical (unpaired) electrons. The van der Waals surface area contributed by atoms with E-state index in [1.165, 1.54) is 0 Å². The molecule has 164 valence electrons. The van der Waals surface area contributed by atoms with Gasteiger partial charge in [0.1, 0.15) is 18.6 Å². The minimum absolute atomic E-state index is 0.278. The second kappa shape index (κ2) is 12.3.